The normalized spacial score (nSPS) is 10.5. The second kappa shape index (κ2) is 11.2. The van der Waals surface area contributed by atoms with Crippen molar-refractivity contribution in [1.82, 2.24) is 10.3 Å². The molecule has 31 heavy (non-hydrogen) atoms. The topological polar surface area (TPSA) is 103 Å². The Labute approximate surface area is 184 Å². The van der Waals surface area contributed by atoms with Gasteiger partial charge in [0.15, 0.2) is 22.4 Å². The van der Waals surface area contributed by atoms with Crippen molar-refractivity contribution in [1.29, 1.82) is 0 Å². The summed E-state index contributed by atoms with van der Waals surface area (Å²) in [7, 11) is 0. The largest absolute Gasteiger partial charge is 0.490 e. The summed E-state index contributed by atoms with van der Waals surface area (Å²) in [6, 6.07) is 9.00. The van der Waals surface area contributed by atoms with E-state index in [9.17, 15) is 9.59 Å². The van der Waals surface area contributed by atoms with E-state index in [0.717, 1.165) is 11.3 Å². The fourth-order valence-corrected chi connectivity index (χ4v) is 3.54. The van der Waals surface area contributed by atoms with Crippen LogP contribution in [0.15, 0.2) is 46.4 Å². The number of ether oxygens (including phenoxy) is 2. The summed E-state index contributed by atoms with van der Waals surface area (Å²) in [6.45, 7) is 5.47. The van der Waals surface area contributed by atoms with Crippen LogP contribution in [0.25, 0.3) is 0 Å². The van der Waals surface area contributed by atoms with E-state index in [1.165, 1.54) is 17.6 Å². The minimum Gasteiger partial charge on any atom is -0.490 e. The van der Waals surface area contributed by atoms with Gasteiger partial charge in [0.2, 0.25) is 5.91 Å². The third-order valence-electron chi connectivity index (χ3n) is 4.20. The first-order valence-corrected chi connectivity index (χ1v) is 10.9. The van der Waals surface area contributed by atoms with Gasteiger partial charge in [-0.15, -0.1) is 11.3 Å². The van der Waals surface area contributed by atoms with Crippen LogP contribution in [0.3, 0.4) is 0 Å². The van der Waals surface area contributed by atoms with E-state index in [0.29, 0.717) is 42.8 Å². The van der Waals surface area contributed by atoms with Gasteiger partial charge in [0.05, 0.1) is 31.6 Å². The molecule has 2 N–H and O–H groups in total. The Balaban J connectivity index is 1.46. The Hall–Kier alpha value is -3.33. The first-order chi connectivity index (χ1) is 15.1. The molecule has 0 saturated heterocycles. The lowest BCUT2D eigenvalue weighted by Crippen LogP contribution is -2.27. The lowest BCUT2D eigenvalue weighted by atomic mass is 10.1. The Morgan fingerprint density at radius 1 is 1.13 bits per heavy atom. The van der Waals surface area contributed by atoms with Crippen molar-refractivity contribution in [2.75, 3.05) is 25.1 Å². The molecule has 0 radical (unpaired) electrons. The lowest BCUT2D eigenvalue weighted by Gasteiger charge is -2.12. The average Bonchev–Trinajstić information content (AvgIpc) is 3.43. The number of furan rings is 1. The predicted octanol–water partition coefficient (Wildman–Crippen LogP) is 3.69. The first kappa shape index (κ1) is 22.4. The summed E-state index contributed by atoms with van der Waals surface area (Å²) in [5.74, 6) is 1.12. The molecular formula is C22H25N3O5S. The van der Waals surface area contributed by atoms with Gasteiger partial charge in [-0.2, -0.15) is 0 Å². The fourth-order valence-electron chi connectivity index (χ4n) is 2.84. The van der Waals surface area contributed by atoms with Gasteiger partial charge in [-0.3, -0.25) is 14.9 Å². The molecular weight excluding hydrogens is 418 g/mol. The highest BCUT2D eigenvalue weighted by molar-refractivity contribution is 7.14. The van der Waals surface area contributed by atoms with E-state index in [2.05, 4.69) is 15.6 Å². The fraction of sp³-hybridized carbons (Fsp3) is 0.318. The van der Waals surface area contributed by atoms with Gasteiger partial charge in [-0.05, 0) is 50.1 Å². The molecule has 0 spiro atoms. The number of carbonyl (C=O) groups excluding carboxylic acids is 2. The Morgan fingerprint density at radius 3 is 2.68 bits per heavy atom. The Bertz CT molecular complexity index is 1000. The van der Waals surface area contributed by atoms with Crippen LogP contribution in [0.1, 0.15) is 35.7 Å². The molecule has 164 valence electrons. The van der Waals surface area contributed by atoms with Crippen LogP contribution in [0.2, 0.25) is 0 Å². The number of hydrogen-bond acceptors (Lipinski definition) is 7. The highest BCUT2D eigenvalue weighted by Gasteiger charge is 2.13. The molecule has 0 aliphatic carbocycles. The second-order valence-corrected chi connectivity index (χ2v) is 7.36. The molecule has 3 aromatic rings. The first-order valence-electron chi connectivity index (χ1n) is 10.0. The maximum atomic E-state index is 12.2. The van der Waals surface area contributed by atoms with Gasteiger partial charge in [0.1, 0.15) is 0 Å². The quantitative estimate of drug-likeness (QED) is 0.469. The molecule has 0 unspecified atom stereocenters. The summed E-state index contributed by atoms with van der Waals surface area (Å²) >= 11 is 1.26. The van der Waals surface area contributed by atoms with Crippen LogP contribution in [-0.4, -0.2) is 36.6 Å². The SMILES string of the molecule is CCOc1ccc(CCNC(=O)Cc2csc(NC(=O)c3ccco3)n2)cc1OCC. The number of amides is 2. The number of aromatic nitrogens is 1. The number of nitrogens with zero attached hydrogens (tertiary/aromatic N) is 1. The second-order valence-electron chi connectivity index (χ2n) is 6.50. The molecule has 0 fully saturated rings. The van der Waals surface area contributed by atoms with E-state index in [1.54, 1.807) is 17.5 Å². The van der Waals surface area contributed by atoms with Crippen molar-refractivity contribution in [2.24, 2.45) is 0 Å². The van der Waals surface area contributed by atoms with Crippen LogP contribution in [0.4, 0.5) is 5.13 Å². The summed E-state index contributed by atoms with van der Waals surface area (Å²) in [5, 5.41) is 7.71. The number of benzene rings is 1. The van der Waals surface area contributed by atoms with E-state index < -0.39 is 0 Å². The van der Waals surface area contributed by atoms with Crippen molar-refractivity contribution in [3.63, 3.8) is 0 Å². The maximum Gasteiger partial charge on any atom is 0.293 e. The minimum atomic E-state index is -0.378. The van der Waals surface area contributed by atoms with E-state index in [4.69, 9.17) is 13.9 Å². The Kier molecular flexibility index (Phi) is 8.05. The smallest absolute Gasteiger partial charge is 0.293 e. The molecule has 9 heteroatoms. The van der Waals surface area contributed by atoms with Crippen molar-refractivity contribution in [3.8, 4) is 11.5 Å². The highest BCUT2D eigenvalue weighted by atomic mass is 32.1. The number of anilines is 1. The summed E-state index contributed by atoms with van der Waals surface area (Å²) in [4.78, 5) is 28.5. The molecule has 0 bridgehead atoms. The van der Waals surface area contributed by atoms with Crippen LogP contribution >= 0.6 is 11.3 Å². The molecule has 2 heterocycles. The van der Waals surface area contributed by atoms with E-state index in [-0.39, 0.29) is 24.0 Å². The predicted molar refractivity (Wildman–Crippen MR) is 118 cm³/mol. The molecule has 8 nitrogen and oxygen atoms in total. The standard InChI is InChI=1S/C22H25N3O5S/c1-3-28-17-8-7-15(12-19(17)29-4-2)9-10-23-20(26)13-16-14-31-22(24-16)25-21(27)18-6-5-11-30-18/h5-8,11-12,14H,3-4,9-10,13H2,1-2H3,(H,23,26)(H,24,25,27). The van der Waals surface area contributed by atoms with Crippen LogP contribution in [0, 0.1) is 0 Å². The molecule has 0 saturated carbocycles. The van der Waals surface area contributed by atoms with Crippen molar-refractivity contribution in [2.45, 2.75) is 26.7 Å². The van der Waals surface area contributed by atoms with Gasteiger partial charge in [-0.1, -0.05) is 6.07 Å². The zero-order valence-corrected chi connectivity index (χ0v) is 18.3. The van der Waals surface area contributed by atoms with E-state index in [1.807, 2.05) is 32.0 Å². The number of rotatable bonds is 11. The van der Waals surface area contributed by atoms with Crippen LogP contribution < -0.4 is 20.1 Å². The van der Waals surface area contributed by atoms with Crippen molar-refractivity contribution >= 4 is 28.3 Å². The average molecular weight is 444 g/mol. The lowest BCUT2D eigenvalue weighted by molar-refractivity contribution is -0.120. The molecule has 2 aromatic heterocycles. The summed E-state index contributed by atoms with van der Waals surface area (Å²) in [5.41, 5.74) is 1.64. The van der Waals surface area contributed by atoms with Gasteiger partial charge in [-0.25, -0.2) is 4.98 Å². The molecule has 0 atom stereocenters. The van der Waals surface area contributed by atoms with Crippen LogP contribution in [-0.2, 0) is 17.6 Å². The molecule has 1 aromatic carbocycles. The number of thiazole rings is 1. The maximum absolute atomic E-state index is 12.2. The monoisotopic (exact) mass is 443 g/mol. The van der Waals surface area contributed by atoms with Gasteiger partial charge in [0, 0.05) is 11.9 Å². The van der Waals surface area contributed by atoms with Gasteiger partial charge < -0.3 is 19.2 Å². The molecule has 0 aliphatic heterocycles. The highest BCUT2D eigenvalue weighted by Crippen LogP contribution is 2.28. The number of carbonyl (C=O) groups is 2. The Morgan fingerprint density at radius 2 is 1.94 bits per heavy atom. The summed E-state index contributed by atoms with van der Waals surface area (Å²) in [6.07, 6.45) is 2.23. The van der Waals surface area contributed by atoms with Crippen molar-refractivity contribution < 1.29 is 23.5 Å². The van der Waals surface area contributed by atoms with Gasteiger partial charge in [0.25, 0.3) is 5.91 Å². The van der Waals surface area contributed by atoms with Gasteiger partial charge >= 0.3 is 0 Å². The van der Waals surface area contributed by atoms with Crippen molar-refractivity contribution in [3.05, 3.63) is 59.0 Å². The number of hydrogen-bond donors (Lipinski definition) is 2. The zero-order chi connectivity index (χ0) is 22.1. The molecule has 2 amide bonds. The third-order valence-corrected chi connectivity index (χ3v) is 5.01. The minimum absolute atomic E-state index is 0.134. The molecule has 3 rings (SSSR count). The summed E-state index contributed by atoms with van der Waals surface area (Å²) < 4.78 is 16.2. The zero-order valence-electron chi connectivity index (χ0n) is 17.5. The van der Waals surface area contributed by atoms with Crippen LogP contribution in [0.5, 0.6) is 11.5 Å². The third kappa shape index (κ3) is 6.58. The molecule has 0 aliphatic rings. The number of nitrogens with one attached hydrogen (secondary N) is 2. The van der Waals surface area contributed by atoms with E-state index >= 15 is 0 Å².